The van der Waals surface area contributed by atoms with Crippen LogP contribution in [0, 0.1) is 0 Å². The Balaban J connectivity index is 1.48. The molecule has 0 aliphatic carbocycles. The monoisotopic (exact) mass is 278 g/mol. The first-order valence-corrected chi connectivity index (χ1v) is 7.48. The Morgan fingerprint density at radius 3 is 3.11 bits per heavy atom. The van der Waals surface area contributed by atoms with Gasteiger partial charge in [-0.1, -0.05) is 11.2 Å². The number of nitrogens with one attached hydrogen (secondary N) is 1. The highest BCUT2D eigenvalue weighted by Crippen LogP contribution is 2.21. The van der Waals surface area contributed by atoms with Crippen molar-refractivity contribution in [3.8, 4) is 10.7 Å². The summed E-state index contributed by atoms with van der Waals surface area (Å²) < 4.78 is 5.29. The molecule has 6 heteroatoms. The number of nitrogens with zero attached hydrogens (tertiary/aromatic N) is 3. The minimum atomic E-state index is 0.698. The zero-order valence-corrected chi connectivity index (χ0v) is 11.8. The van der Waals surface area contributed by atoms with Gasteiger partial charge < -0.3 is 14.7 Å². The average Bonchev–Trinajstić information content (AvgIpc) is 2.96. The van der Waals surface area contributed by atoms with Crippen molar-refractivity contribution >= 4 is 11.3 Å². The molecule has 1 fully saturated rings. The highest BCUT2D eigenvalue weighted by molar-refractivity contribution is 7.13. The van der Waals surface area contributed by atoms with Crippen molar-refractivity contribution in [1.82, 2.24) is 20.4 Å². The number of rotatable bonds is 6. The fourth-order valence-electron chi connectivity index (χ4n) is 2.11. The van der Waals surface area contributed by atoms with Gasteiger partial charge in [0, 0.05) is 25.6 Å². The number of thiophene rings is 1. The fraction of sp³-hybridized carbons (Fsp3) is 0.538. The maximum absolute atomic E-state index is 5.29. The molecule has 1 aliphatic rings. The summed E-state index contributed by atoms with van der Waals surface area (Å²) in [6.07, 6.45) is 1.90. The lowest BCUT2D eigenvalue weighted by molar-refractivity contribution is 0.177. The molecule has 1 N–H and O–H groups in total. The average molecular weight is 278 g/mol. The van der Waals surface area contributed by atoms with E-state index in [9.17, 15) is 0 Å². The van der Waals surface area contributed by atoms with E-state index in [0.29, 0.717) is 11.9 Å². The second-order valence-electron chi connectivity index (χ2n) is 4.89. The number of aromatic nitrogens is 2. The second-order valence-corrected chi connectivity index (χ2v) is 5.83. The van der Waals surface area contributed by atoms with Gasteiger partial charge in [-0.05, 0) is 31.5 Å². The van der Waals surface area contributed by atoms with E-state index in [0.717, 1.165) is 43.2 Å². The summed E-state index contributed by atoms with van der Waals surface area (Å²) in [5.74, 6) is 1.45. The van der Waals surface area contributed by atoms with Gasteiger partial charge in [0.15, 0.2) is 0 Å². The summed E-state index contributed by atoms with van der Waals surface area (Å²) in [7, 11) is 2.18. The smallest absolute Gasteiger partial charge is 0.227 e. The molecule has 0 atom stereocenters. The van der Waals surface area contributed by atoms with E-state index >= 15 is 0 Å². The van der Waals surface area contributed by atoms with Crippen molar-refractivity contribution in [2.45, 2.75) is 18.9 Å². The molecule has 0 spiro atoms. The van der Waals surface area contributed by atoms with Crippen LogP contribution in [0.15, 0.2) is 22.0 Å². The van der Waals surface area contributed by atoms with E-state index in [1.54, 1.807) is 11.3 Å². The van der Waals surface area contributed by atoms with Crippen molar-refractivity contribution in [3.63, 3.8) is 0 Å². The van der Waals surface area contributed by atoms with Gasteiger partial charge in [0.1, 0.15) is 0 Å². The largest absolute Gasteiger partial charge is 0.339 e. The van der Waals surface area contributed by atoms with Gasteiger partial charge in [0.05, 0.1) is 4.88 Å². The zero-order chi connectivity index (χ0) is 13.1. The van der Waals surface area contributed by atoms with Gasteiger partial charge in [-0.2, -0.15) is 4.98 Å². The van der Waals surface area contributed by atoms with Crippen LogP contribution >= 0.6 is 11.3 Å². The van der Waals surface area contributed by atoms with E-state index in [-0.39, 0.29) is 0 Å². The lowest BCUT2D eigenvalue weighted by Gasteiger charge is -2.35. The number of hydrogen-bond acceptors (Lipinski definition) is 6. The standard InChI is InChI=1S/C13H18N4OS/c1-17(10-8-14-9-10)6-2-5-12-15-13(16-18-12)11-4-3-7-19-11/h3-4,7,10,14H,2,5-6,8-9H2,1H3. The fourth-order valence-corrected chi connectivity index (χ4v) is 2.76. The number of likely N-dealkylation sites (N-methyl/N-ethyl adjacent to an activating group) is 1. The summed E-state index contributed by atoms with van der Waals surface area (Å²) in [5, 5.41) is 9.33. The Labute approximate surface area is 116 Å². The van der Waals surface area contributed by atoms with Crippen LogP contribution in [0.4, 0.5) is 0 Å². The lowest BCUT2D eigenvalue weighted by atomic mass is 10.1. The first-order valence-electron chi connectivity index (χ1n) is 6.60. The Morgan fingerprint density at radius 2 is 2.42 bits per heavy atom. The van der Waals surface area contributed by atoms with Crippen LogP contribution in [0.25, 0.3) is 10.7 Å². The van der Waals surface area contributed by atoms with Crippen LogP contribution < -0.4 is 5.32 Å². The highest BCUT2D eigenvalue weighted by atomic mass is 32.1. The van der Waals surface area contributed by atoms with Gasteiger partial charge >= 0.3 is 0 Å². The zero-order valence-electron chi connectivity index (χ0n) is 11.0. The molecule has 1 aliphatic heterocycles. The second kappa shape index (κ2) is 5.81. The lowest BCUT2D eigenvalue weighted by Crippen LogP contribution is -2.56. The van der Waals surface area contributed by atoms with Crippen molar-refractivity contribution in [1.29, 1.82) is 0 Å². The molecule has 0 bridgehead atoms. The van der Waals surface area contributed by atoms with E-state index in [2.05, 4.69) is 27.4 Å². The van der Waals surface area contributed by atoms with E-state index in [4.69, 9.17) is 4.52 Å². The quantitative estimate of drug-likeness (QED) is 0.870. The van der Waals surface area contributed by atoms with Crippen LogP contribution in [0.5, 0.6) is 0 Å². The molecule has 3 rings (SSSR count). The molecule has 0 saturated carbocycles. The van der Waals surface area contributed by atoms with E-state index in [1.165, 1.54) is 0 Å². The van der Waals surface area contributed by atoms with Crippen LogP contribution in [-0.2, 0) is 6.42 Å². The number of hydrogen-bond donors (Lipinski definition) is 1. The van der Waals surface area contributed by atoms with Gasteiger partial charge in [-0.25, -0.2) is 0 Å². The molecule has 19 heavy (non-hydrogen) atoms. The summed E-state index contributed by atoms with van der Waals surface area (Å²) in [4.78, 5) is 7.89. The van der Waals surface area contributed by atoms with E-state index < -0.39 is 0 Å². The molecule has 102 valence electrons. The van der Waals surface area contributed by atoms with Crippen molar-refractivity contribution in [2.24, 2.45) is 0 Å². The molecule has 3 heterocycles. The van der Waals surface area contributed by atoms with Gasteiger partial charge in [0.2, 0.25) is 11.7 Å². The van der Waals surface area contributed by atoms with Crippen LogP contribution in [0.2, 0.25) is 0 Å². The highest BCUT2D eigenvalue weighted by Gasteiger charge is 2.20. The van der Waals surface area contributed by atoms with Crippen molar-refractivity contribution in [3.05, 3.63) is 23.4 Å². The Morgan fingerprint density at radius 1 is 1.53 bits per heavy atom. The molecular weight excluding hydrogens is 260 g/mol. The van der Waals surface area contributed by atoms with Gasteiger partial charge in [-0.3, -0.25) is 0 Å². The maximum Gasteiger partial charge on any atom is 0.227 e. The molecule has 0 radical (unpaired) electrons. The molecule has 0 unspecified atom stereocenters. The normalized spacial score (nSPS) is 15.9. The minimum Gasteiger partial charge on any atom is -0.339 e. The topological polar surface area (TPSA) is 54.2 Å². The van der Waals surface area contributed by atoms with Gasteiger partial charge in [0.25, 0.3) is 0 Å². The van der Waals surface area contributed by atoms with E-state index in [1.807, 2.05) is 17.5 Å². The Kier molecular flexibility index (Phi) is 3.91. The molecule has 0 aromatic carbocycles. The minimum absolute atomic E-state index is 0.698. The summed E-state index contributed by atoms with van der Waals surface area (Å²) in [5.41, 5.74) is 0. The van der Waals surface area contributed by atoms with Crippen LogP contribution in [0.3, 0.4) is 0 Å². The van der Waals surface area contributed by atoms with Crippen molar-refractivity contribution < 1.29 is 4.52 Å². The molecular formula is C13H18N4OS. The molecule has 2 aromatic heterocycles. The van der Waals surface area contributed by atoms with Gasteiger partial charge in [-0.15, -0.1) is 11.3 Å². The Bertz CT molecular complexity index is 506. The number of aryl methyl sites for hydroxylation is 1. The maximum atomic E-state index is 5.29. The molecule has 1 saturated heterocycles. The predicted octanol–water partition coefficient (Wildman–Crippen LogP) is 1.63. The third-order valence-corrected chi connectivity index (χ3v) is 4.36. The first-order chi connectivity index (χ1) is 9.33. The summed E-state index contributed by atoms with van der Waals surface area (Å²) in [6, 6.07) is 4.71. The van der Waals surface area contributed by atoms with Crippen LogP contribution in [-0.4, -0.2) is 47.8 Å². The first kappa shape index (κ1) is 12.8. The third-order valence-electron chi connectivity index (χ3n) is 3.49. The summed E-state index contributed by atoms with van der Waals surface area (Å²) >= 11 is 1.63. The predicted molar refractivity (Wildman–Crippen MR) is 75.2 cm³/mol. The van der Waals surface area contributed by atoms with Crippen LogP contribution in [0.1, 0.15) is 12.3 Å². The van der Waals surface area contributed by atoms with Crippen molar-refractivity contribution in [2.75, 3.05) is 26.7 Å². The SMILES string of the molecule is CN(CCCc1nc(-c2cccs2)no1)C1CNC1. The third kappa shape index (κ3) is 3.02. The Hall–Kier alpha value is -1.24. The summed E-state index contributed by atoms with van der Waals surface area (Å²) in [6.45, 7) is 3.29. The molecule has 0 amide bonds. The molecule has 2 aromatic rings. The molecule has 5 nitrogen and oxygen atoms in total.